The van der Waals surface area contributed by atoms with Gasteiger partial charge in [-0.1, -0.05) is 37.6 Å². The average molecular weight is 297 g/mol. The first-order valence-electron chi connectivity index (χ1n) is 7.73. The zero-order valence-electron chi connectivity index (χ0n) is 13.2. The van der Waals surface area contributed by atoms with Crippen LogP contribution >= 0.6 is 0 Å². The lowest BCUT2D eigenvalue weighted by Gasteiger charge is -2.09. The Kier molecular flexibility index (Phi) is 5.95. The van der Waals surface area contributed by atoms with Gasteiger partial charge in [0.1, 0.15) is 5.82 Å². The monoisotopic (exact) mass is 297 g/mol. The van der Waals surface area contributed by atoms with Gasteiger partial charge in [-0.05, 0) is 36.6 Å². The van der Waals surface area contributed by atoms with Crippen LogP contribution in [0.25, 0.3) is 0 Å². The number of anilines is 1. The maximum Gasteiger partial charge on any atom is 0.251 e. The van der Waals surface area contributed by atoms with E-state index in [1.165, 1.54) is 11.1 Å². The summed E-state index contributed by atoms with van der Waals surface area (Å²) in [6.45, 7) is 5.60. The fourth-order valence-electron chi connectivity index (χ4n) is 2.14. The summed E-state index contributed by atoms with van der Waals surface area (Å²) in [6, 6.07) is 11.7. The molecule has 4 nitrogen and oxygen atoms in total. The molecule has 116 valence electrons. The van der Waals surface area contributed by atoms with Gasteiger partial charge in [-0.3, -0.25) is 4.79 Å². The molecular formula is C18H23N3O. The van der Waals surface area contributed by atoms with Gasteiger partial charge in [-0.15, -0.1) is 0 Å². The highest BCUT2D eigenvalue weighted by atomic mass is 16.1. The van der Waals surface area contributed by atoms with Crippen LogP contribution in [0.2, 0.25) is 0 Å². The first-order valence-corrected chi connectivity index (χ1v) is 7.73. The van der Waals surface area contributed by atoms with Crippen LogP contribution in [0.1, 0.15) is 41.3 Å². The van der Waals surface area contributed by atoms with Crippen molar-refractivity contribution in [2.45, 2.75) is 33.2 Å². The third-order valence-electron chi connectivity index (χ3n) is 3.56. The minimum Gasteiger partial charge on any atom is -0.366 e. The van der Waals surface area contributed by atoms with Crippen molar-refractivity contribution in [1.82, 2.24) is 10.3 Å². The molecule has 2 N–H and O–H groups in total. The lowest BCUT2D eigenvalue weighted by atomic mass is 10.1. The Bertz CT molecular complexity index is 625. The molecule has 1 heterocycles. The molecule has 0 aliphatic rings. The summed E-state index contributed by atoms with van der Waals surface area (Å²) in [5.41, 5.74) is 3.10. The van der Waals surface area contributed by atoms with Crippen LogP contribution < -0.4 is 10.6 Å². The molecule has 4 heteroatoms. The number of hydrogen-bond acceptors (Lipinski definition) is 3. The van der Waals surface area contributed by atoms with Crippen LogP contribution in [-0.4, -0.2) is 17.4 Å². The summed E-state index contributed by atoms with van der Waals surface area (Å²) in [7, 11) is 0. The number of benzene rings is 1. The number of carbonyl (C=O) groups is 1. The second kappa shape index (κ2) is 8.17. The number of amides is 1. The number of rotatable bonds is 7. The molecule has 1 aromatic carbocycles. The summed E-state index contributed by atoms with van der Waals surface area (Å²) < 4.78 is 0. The van der Waals surface area contributed by atoms with Crippen molar-refractivity contribution in [2.24, 2.45) is 0 Å². The Morgan fingerprint density at radius 1 is 1.23 bits per heavy atom. The van der Waals surface area contributed by atoms with E-state index < -0.39 is 0 Å². The number of nitrogens with one attached hydrogen (secondary N) is 2. The van der Waals surface area contributed by atoms with Crippen molar-refractivity contribution in [1.29, 1.82) is 0 Å². The van der Waals surface area contributed by atoms with Crippen LogP contribution in [0.4, 0.5) is 5.82 Å². The van der Waals surface area contributed by atoms with E-state index in [1.54, 1.807) is 18.3 Å². The Balaban J connectivity index is 1.96. The molecule has 0 aliphatic carbocycles. The molecule has 0 fully saturated rings. The molecule has 2 rings (SSSR count). The van der Waals surface area contributed by atoms with E-state index in [-0.39, 0.29) is 5.91 Å². The van der Waals surface area contributed by atoms with E-state index in [1.807, 2.05) is 12.1 Å². The number of carbonyl (C=O) groups excluding carboxylic acids is 1. The average Bonchev–Trinajstić information content (AvgIpc) is 2.54. The van der Waals surface area contributed by atoms with Crippen molar-refractivity contribution in [3.8, 4) is 0 Å². The summed E-state index contributed by atoms with van der Waals surface area (Å²) in [5.74, 6) is 0.668. The zero-order valence-corrected chi connectivity index (χ0v) is 13.2. The van der Waals surface area contributed by atoms with Gasteiger partial charge >= 0.3 is 0 Å². The van der Waals surface area contributed by atoms with Crippen LogP contribution in [0, 0.1) is 6.92 Å². The van der Waals surface area contributed by atoms with Crippen molar-refractivity contribution in [3.05, 3.63) is 59.3 Å². The summed E-state index contributed by atoms with van der Waals surface area (Å²) in [6.07, 6.45) is 3.73. The molecule has 1 amide bonds. The summed E-state index contributed by atoms with van der Waals surface area (Å²) in [4.78, 5) is 16.3. The first kappa shape index (κ1) is 16.0. The lowest BCUT2D eigenvalue weighted by molar-refractivity contribution is 0.0953. The zero-order chi connectivity index (χ0) is 15.8. The maximum atomic E-state index is 12.0. The standard InChI is InChI=1S/C18H23N3O/c1-3-4-10-20-18(22)15-9-11-19-17(12-15)21-13-16-8-6-5-7-14(16)2/h5-9,11-12H,3-4,10,13H2,1-2H3,(H,19,21)(H,20,22). The number of unbranched alkanes of at least 4 members (excludes halogenated alkanes) is 1. The Labute approximate surface area is 132 Å². The molecule has 22 heavy (non-hydrogen) atoms. The topological polar surface area (TPSA) is 54.0 Å². The highest BCUT2D eigenvalue weighted by Crippen LogP contribution is 2.11. The summed E-state index contributed by atoms with van der Waals surface area (Å²) in [5, 5.41) is 6.19. The van der Waals surface area contributed by atoms with E-state index >= 15 is 0 Å². The minimum atomic E-state index is -0.0465. The highest BCUT2D eigenvalue weighted by molar-refractivity contribution is 5.94. The molecule has 0 bridgehead atoms. The van der Waals surface area contributed by atoms with Crippen molar-refractivity contribution in [3.63, 3.8) is 0 Å². The van der Waals surface area contributed by atoms with Crippen molar-refractivity contribution in [2.75, 3.05) is 11.9 Å². The maximum absolute atomic E-state index is 12.0. The van der Waals surface area contributed by atoms with Crippen LogP contribution in [0.3, 0.4) is 0 Å². The molecule has 0 atom stereocenters. The van der Waals surface area contributed by atoms with Gasteiger partial charge in [0, 0.05) is 24.8 Å². The van der Waals surface area contributed by atoms with Gasteiger partial charge < -0.3 is 10.6 Å². The Hall–Kier alpha value is -2.36. The number of nitrogens with zero attached hydrogens (tertiary/aromatic N) is 1. The second-order valence-electron chi connectivity index (χ2n) is 5.32. The normalized spacial score (nSPS) is 10.3. The molecular weight excluding hydrogens is 274 g/mol. The molecule has 0 radical (unpaired) electrons. The molecule has 0 aliphatic heterocycles. The van der Waals surface area contributed by atoms with Gasteiger partial charge in [-0.25, -0.2) is 4.98 Å². The molecule has 0 unspecified atom stereocenters. The van der Waals surface area contributed by atoms with Crippen molar-refractivity contribution >= 4 is 11.7 Å². The number of pyridine rings is 1. The predicted molar refractivity (Wildman–Crippen MR) is 90.0 cm³/mol. The van der Waals surface area contributed by atoms with Gasteiger partial charge in [0.25, 0.3) is 5.91 Å². The Morgan fingerprint density at radius 2 is 2.05 bits per heavy atom. The molecule has 0 saturated heterocycles. The van der Waals surface area contributed by atoms with Crippen LogP contribution in [0.5, 0.6) is 0 Å². The van der Waals surface area contributed by atoms with Crippen LogP contribution in [0.15, 0.2) is 42.6 Å². The highest BCUT2D eigenvalue weighted by Gasteiger charge is 2.06. The van der Waals surface area contributed by atoms with Gasteiger partial charge in [0.15, 0.2) is 0 Å². The molecule has 0 spiro atoms. The fourth-order valence-corrected chi connectivity index (χ4v) is 2.14. The minimum absolute atomic E-state index is 0.0465. The first-order chi connectivity index (χ1) is 10.7. The van der Waals surface area contributed by atoms with E-state index in [2.05, 4.69) is 41.6 Å². The molecule has 0 saturated carbocycles. The second-order valence-corrected chi connectivity index (χ2v) is 5.32. The smallest absolute Gasteiger partial charge is 0.251 e. The van der Waals surface area contributed by atoms with Crippen molar-refractivity contribution < 1.29 is 4.79 Å². The van der Waals surface area contributed by atoms with E-state index in [9.17, 15) is 4.79 Å². The van der Waals surface area contributed by atoms with Gasteiger partial charge in [0.2, 0.25) is 0 Å². The third kappa shape index (κ3) is 4.58. The number of aromatic nitrogens is 1. The SMILES string of the molecule is CCCCNC(=O)c1ccnc(NCc2ccccc2C)c1. The fraction of sp³-hybridized carbons (Fsp3) is 0.333. The number of aryl methyl sites for hydroxylation is 1. The summed E-state index contributed by atoms with van der Waals surface area (Å²) >= 11 is 0. The van der Waals surface area contributed by atoms with Gasteiger partial charge in [-0.2, -0.15) is 0 Å². The third-order valence-corrected chi connectivity index (χ3v) is 3.56. The van der Waals surface area contributed by atoms with E-state index in [4.69, 9.17) is 0 Å². The predicted octanol–water partition coefficient (Wildman–Crippen LogP) is 3.53. The molecule has 2 aromatic rings. The quantitative estimate of drug-likeness (QED) is 0.769. The Morgan fingerprint density at radius 3 is 2.82 bits per heavy atom. The van der Waals surface area contributed by atoms with Gasteiger partial charge in [0.05, 0.1) is 0 Å². The van der Waals surface area contributed by atoms with E-state index in [0.29, 0.717) is 24.5 Å². The lowest BCUT2D eigenvalue weighted by Crippen LogP contribution is -2.24. The van der Waals surface area contributed by atoms with Crippen LogP contribution in [-0.2, 0) is 6.54 Å². The largest absolute Gasteiger partial charge is 0.366 e. The van der Waals surface area contributed by atoms with E-state index in [0.717, 1.165) is 12.8 Å². The number of hydrogen-bond donors (Lipinski definition) is 2. The molecule has 1 aromatic heterocycles.